The van der Waals surface area contributed by atoms with E-state index in [4.69, 9.17) is 0 Å². The summed E-state index contributed by atoms with van der Waals surface area (Å²) in [7, 11) is 1.76. The summed E-state index contributed by atoms with van der Waals surface area (Å²) in [6.45, 7) is 3.47. The lowest BCUT2D eigenvalue weighted by Gasteiger charge is -2.09. The molecule has 0 aliphatic heterocycles. The van der Waals surface area contributed by atoms with Crippen molar-refractivity contribution in [1.82, 2.24) is 25.0 Å². The van der Waals surface area contributed by atoms with Crippen LogP contribution in [0.15, 0.2) is 29.0 Å². The Kier molecular flexibility index (Phi) is 4.69. The summed E-state index contributed by atoms with van der Waals surface area (Å²) in [6.07, 6.45) is 7.01. The number of rotatable bonds is 5. The van der Waals surface area contributed by atoms with Crippen molar-refractivity contribution in [3.05, 3.63) is 39.5 Å². The van der Waals surface area contributed by atoms with Gasteiger partial charge in [0.15, 0.2) is 10.9 Å². The van der Waals surface area contributed by atoms with Crippen LogP contribution in [0.4, 0.5) is 0 Å². The highest BCUT2D eigenvalue weighted by atomic mass is 32.1. The Morgan fingerprint density at radius 3 is 2.95 bits per heavy atom. The number of fused-ring (bicyclic) bond motifs is 1. The number of nitrogens with zero attached hydrogens (tertiary/aromatic N) is 4. The van der Waals surface area contributed by atoms with Gasteiger partial charge in [-0.05, 0) is 6.42 Å². The fourth-order valence-electron chi connectivity index (χ4n) is 2.01. The highest BCUT2D eigenvalue weighted by molar-refractivity contribution is 7.15. The summed E-state index contributed by atoms with van der Waals surface area (Å²) in [4.78, 5) is 15.5. The van der Waals surface area contributed by atoms with Crippen LogP contribution in [0.2, 0.25) is 0 Å². The Labute approximate surface area is 137 Å². The lowest BCUT2D eigenvalue weighted by molar-refractivity contribution is 0.795. The van der Waals surface area contributed by atoms with Gasteiger partial charge in [-0.2, -0.15) is 0 Å². The van der Waals surface area contributed by atoms with Crippen LogP contribution in [0, 0.1) is 0 Å². The first kappa shape index (κ1) is 15.0. The van der Waals surface area contributed by atoms with Gasteiger partial charge in [-0.15, -0.1) is 22.7 Å². The van der Waals surface area contributed by atoms with Crippen molar-refractivity contribution in [2.75, 3.05) is 7.05 Å². The van der Waals surface area contributed by atoms with E-state index >= 15 is 0 Å². The van der Waals surface area contributed by atoms with E-state index in [1.54, 1.807) is 29.7 Å². The number of imidazole rings is 1. The van der Waals surface area contributed by atoms with Crippen molar-refractivity contribution in [1.29, 1.82) is 0 Å². The fraction of sp³-hybridized carbons (Fsp3) is 0.357. The Bertz CT molecular complexity index is 741. The van der Waals surface area contributed by atoms with E-state index < -0.39 is 0 Å². The molecule has 0 bridgehead atoms. The Balaban J connectivity index is 1.52. The Morgan fingerprint density at radius 2 is 2.23 bits per heavy atom. The van der Waals surface area contributed by atoms with Gasteiger partial charge < -0.3 is 10.6 Å². The van der Waals surface area contributed by atoms with E-state index in [9.17, 15) is 0 Å². The third-order valence-electron chi connectivity index (χ3n) is 3.16. The monoisotopic (exact) mass is 334 g/mol. The quantitative estimate of drug-likeness (QED) is 0.555. The molecule has 0 spiro atoms. The van der Waals surface area contributed by atoms with Crippen molar-refractivity contribution in [2.24, 2.45) is 4.99 Å². The summed E-state index contributed by atoms with van der Waals surface area (Å²) in [5, 5.41) is 9.65. The van der Waals surface area contributed by atoms with E-state index in [1.807, 2.05) is 28.4 Å². The summed E-state index contributed by atoms with van der Waals surface area (Å²) in [5.41, 5.74) is 0.998. The van der Waals surface area contributed by atoms with Crippen molar-refractivity contribution in [2.45, 2.75) is 26.4 Å². The van der Waals surface area contributed by atoms with Crippen molar-refractivity contribution >= 4 is 33.6 Å². The number of aryl methyl sites for hydroxylation is 1. The molecule has 3 rings (SSSR count). The number of nitrogens with one attached hydrogen (secondary N) is 2. The lowest BCUT2D eigenvalue weighted by atomic mass is 10.4. The molecular formula is C14H18N6S2. The zero-order valence-electron chi connectivity index (χ0n) is 12.5. The number of hydrogen-bond donors (Lipinski definition) is 2. The number of thiazole rings is 2. The molecule has 0 aromatic carbocycles. The zero-order chi connectivity index (χ0) is 15.4. The summed E-state index contributed by atoms with van der Waals surface area (Å²) >= 11 is 3.36. The highest BCUT2D eigenvalue weighted by Crippen LogP contribution is 2.13. The second-order valence-corrected chi connectivity index (χ2v) is 6.75. The van der Waals surface area contributed by atoms with Crippen molar-refractivity contribution in [3.8, 4) is 0 Å². The van der Waals surface area contributed by atoms with E-state index in [1.165, 1.54) is 4.88 Å². The van der Waals surface area contributed by atoms with Crippen LogP contribution < -0.4 is 10.6 Å². The smallest absolute Gasteiger partial charge is 0.193 e. The van der Waals surface area contributed by atoms with Gasteiger partial charge in [-0.1, -0.05) is 6.92 Å². The minimum atomic E-state index is 0.645. The molecule has 116 valence electrons. The van der Waals surface area contributed by atoms with E-state index in [-0.39, 0.29) is 0 Å². The highest BCUT2D eigenvalue weighted by Gasteiger charge is 2.05. The van der Waals surface area contributed by atoms with Crippen LogP contribution in [0.3, 0.4) is 0 Å². The molecule has 0 radical (unpaired) electrons. The van der Waals surface area contributed by atoms with Crippen LogP contribution in [-0.4, -0.2) is 27.4 Å². The maximum atomic E-state index is 4.54. The van der Waals surface area contributed by atoms with Crippen LogP contribution in [0.5, 0.6) is 0 Å². The van der Waals surface area contributed by atoms with Gasteiger partial charge in [0.2, 0.25) is 0 Å². The van der Waals surface area contributed by atoms with Gasteiger partial charge >= 0.3 is 0 Å². The molecule has 3 heterocycles. The van der Waals surface area contributed by atoms with Crippen LogP contribution >= 0.6 is 22.7 Å². The SMILES string of the molecule is CCc1cnc(CNC(=NC)NCc2cn3ccsc3n2)s1. The van der Waals surface area contributed by atoms with Gasteiger partial charge in [-0.25, -0.2) is 9.97 Å². The maximum absolute atomic E-state index is 4.54. The third kappa shape index (κ3) is 3.45. The van der Waals surface area contributed by atoms with Crippen LogP contribution in [0.25, 0.3) is 4.96 Å². The first-order valence-electron chi connectivity index (χ1n) is 7.07. The average molecular weight is 334 g/mol. The largest absolute Gasteiger partial charge is 0.351 e. The van der Waals surface area contributed by atoms with Crippen molar-refractivity contribution < 1.29 is 0 Å². The Hall–Kier alpha value is -1.93. The number of hydrogen-bond acceptors (Lipinski definition) is 5. The Morgan fingerprint density at radius 1 is 1.36 bits per heavy atom. The molecule has 0 unspecified atom stereocenters. The molecule has 0 aliphatic carbocycles. The van der Waals surface area contributed by atoms with Gasteiger partial charge in [0.05, 0.1) is 18.8 Å². The molecule has 3 aromatic heterocycles. The van der Waals surface area contributed by atoms with E-state index in [2.05, 4.69) is 32.5 Å². The molecule has 0 amide bonds. The second kappa shape index (κ2) is 6.89. The minimum absolute atomic E-state index is 0.645. The van der Waals surface area contributed by atoms with Gasteiger partial charge in [0, 0.05) is 35.9 Å². The van der Waals surface area contributed by atoms with Gasteiger partial charge in [0.1, 0.15) is 5.01 Å². The molecule has 6 nitrogen and oxygen atoms in total. The lowest BCUT2D eigenvalue weighted by Crippen LogP contribution is -2.36. The average Bonchev–Trinajstić information content (AvgIpc) is 3.22. The molecular weight excluding hydrogens is 316 g/mol. The predicted molar refractivity (Wildman–Crippen MR) is 91.6 cm³/mol. The summed E-state index contributed by atoms with van der Waals surface area (Å²) < 4.78 is 2.03. The van der Waals surface area contributed by atoms with Crippen LogP contribution in [-0.2, 0) is 19.5 Å². The zero-order valence-corrected chi connectivity index (χ0v) is 14.2. The first-order valence-corrected chi connectivity index (χ1v) is 8.77. The fourth-order valence-corrected chi connectivity index (χ4v) is 3.53. The van der Waals surface area contributed by atoms with E-state index in [0.29, 0.717) is 13.1 Å². The topological polar surface area (TPSA) is 66.6 Å². The molecule has 0 fully saturated rings. The molecule has 0 saturated heterocycles. The molecule has 22 heavy (non-hydrogen) atoms. The molecule has 0 atom stereocenters. The molecule has 0 aliphatic rings. The van der Waals surface area contributed by atoms with Crippen molar-refractivity contribution in [3.63, 3.8) is 0 Å². The molecule has 8 heteroatoms. The molecule has 2 N–H and O–H groups in total. The first-order chi connectivity index (χ1) is 10.8. The van der Waals surface area contributed by atoms with Gasteiger partial charge in [0.25, 0.3) is 0 Å². The number of guanidine groups is 1. The van der Waals surface area contributed by atoms with Crippen LogP contribution in [0.1, 0.15) is 22.5 Å². The van der Waals surface area contributed by atoms with Gasteiger partial charge in [-0.3, -0.25) is 9.39 Å². The minimum Gasteiger partial charge on any atom is -0.351 e. The second-order valence-electron chi connectivity index (χ2n) is 4.68. The van der Waals surface area contributed by atoms with E-state index in [0.717, 1.165) is 28.0 Å². The predicted octanol–water partition coefficient (Wildman–Crippen LogP) is 2.28. The standard InChI is InChI=1S/C14H18N6S2/c1-3-11-7-16-12(22-11)8-18-13(15-2)17-6-10-9-20-4-5-21-14(20)19-10/h4-5,7,9H,3,6,8H2,1-2H3,(H2,15,17,18). The molecule has 0 saturated carbocycles. The molecule has 3 aromatic rings. The normalized spacial score (nSPS) is 12.0. The summed E-state index contributed by atoms with van der Waals surface area (Å²) in [6, 6.07) is 0. The third-order valence-corrected chi connectivity index (χ3v) is 5.07. The summed E-state index contributed by atoms with van der Waals surface area (Å²) in [5.74, 6) is 0.754. The maximum Gasteiger partial charge on any atom is 0.193 e. The number of aromatic nitrogens is 3. The number of aliphatic imine (C=N–C) groups is 1.